The second-order valence-electron chi connectivity index (χ2n) is 36.4. The van der Waals surface area contributed by atoms with Gasteiger partial charge in [0.1, 0.15) is 103 Å². The lowest BCUT2D eigenvalue weighted by molar-refractivity contribution is -0.149. The molecule has 2 saturated carbocycles. The number of Topliss-reactive ketones (excluding diaryl/α,β-unsaturated/α-hetero) is 2. The van der Waals surface area contributed by atoms with Gasteiger partial charge >= 0.3 is 11.9 Å². The van der Waals surface area contributed by atoms with E-state index in [1.165, 1.54) is 37.5 Å². The summed E-state index contributed by atoms with van der Waals surface area (Å²) in [7, 11) is 0. The van der Waals surface area contributed by atoms with Crippen LogP contribution in [0, 0.1) is 23.7 Å². The van der Waals surface area contributed by atoms with Crippen LogP contribution in [-0.4, -0.2) is 306 Å². The number of ether oxygens (including phenoxy) is 1. The molecule has 2 aliphatic heterocycles. The molecule has 44 nitrogen and oxygen atoms in total. The van der Waals surface area contributed by atoms with Crippen LogP contribution < -0.4 is 75.3 Å². The van der Waals surface area contributed by atoms with Crippen molar-refractivity contribution in [1.82, 2.24) is 73.6 Å². The molecule has 16 amide bonds. The molecule has 2 aromatic rings. The van der Waals surface area contributed by atoms with Gasteiger partial charge in [-0.15, -0.1) is 0 Å². The number of fused-ring (bicyclic) bond motifs is 3. The maximum atomic E-state index is 14.3. The van der Waals surface area contributed by atoms with Gasteiger partial charge in [-0.1, -0.05) is 115 Å². The predicted molar refractivity (Wildman–Crippen MR) is 485 cm³/mol. The average molecular weight is 1920 g/mol. The van der Waals surface area contributed by atoms with Crippen molar-refractivity contribution in [2.75, 3.05) is 46.1 Å². The zero-order chi connectivity index (χ0) is 101. The molecule has 44 heteroatoms. The molecule has 5 aliphatic rings. The maximum absolute atomic E-state index is 14.3. The normalized spacial score (nSPS) is 19.1. The van der Waals surface area contributed by atoms with Crippen LogP contribution in [0.2, 0.25) is 0 Å². The molecule has 2 saturated heterocycles. The standard InChI is InChI=1S/C53H74N8O14.C39H64N8O14/c1-29(2)23-40(53(74)75-28-38-36-18-10-8-16-34(36)35-17-9-11-19-37(35)38)57-49(70)41(26-62)59-48(69)39(21-22-44(54)66)56-52(73)46(32-14-6-5-7-15-32)60-50(71)42(27-63)58-47(68)31(4)55-51(72)43-24-33(65)25-61(43)45(67)20-12-13-30(3)64;1-20(2)15-26(39(60)61)43-35(56)27(18-48)45-34(55)25(13-14-30(40)52)42-38(59)32(23-10-6-5-7-11-23)46-36(57)28(19-49)44-33(54)22(4)41-37(58)29-16-24(51)17-47(29)31(53)12-8-9-21(3)50/h8-11,16-19,29,31-33,38-43,46,62-63,65H,5-7,12-15,20-28H2,1-4H3,(H2,54,66)(H,55,72)(H,56,73)(H,57,70)(H,58,68)(H,59,69)(H,60,71);20,22-29,32,48-49,51H,5-19H2,1-4H3,(H2,40,52)(H,41,58)(H,42,59)(H,43,56)(H,44,54)(H,45,55)(H,46,57)(H,60,61)/t31-,33+,39-,40-,41-,42-,43-,46-;22-,24+,25-,26-,27-,28-,29-,32-/m00/s1. The monoisotopic (exact) mass is 1910 g/mol. The predicted octanol–water partition coefficient (Wildman–Crippen LogP) is -3.53. The highest BCUT2D eigenvalue weighted by Crippen LogP contribution is 2.45. The molecule has 0 spiro atoms. The van der Waals surface area contributed by atoms with Gasteiger partial charge in [-0.3, -0.25) is 76.7 Å². The number of carbonyl (C=O) groups is 20. The van der Waals surface area contributed by atoms with Crippen LogP contribution in [0.25, 0.3) is 11.1 Å². The van der Waals surface area contributed by atoms with Crippen molar-refractivity contribution in [2.45, 2.75) is 312 Å². The van der Waals surface area contributed by atoms with E-state index in [1.807, 2.05) is 62.4 Å². The highest BCUT2D eigenvalue weighted by Gasteiger charge is 2.45. The van der Waals surface area contributed by atoms with Crippen LogP contribution >= 0.6 is 0 Å². The lowest BCUT2D eigenvalue weighted by Gasteiger charge is -2.32. The Morgan fingerprint density at radius 3 is 1.04 bits per heavy atom. The SMILES string of the molecule is CC(=O)CCCC(=O)N1C[C@H](O)C[C@H]1C(=O)N[C@@H](C)C(=O)N[C@@H](CO)C(=O)N[C@H](C(=O)N[C@@H](CCC(N)=O)C(=O)N[C@@H](CO)C(=O)N[C@@H](CC(C)C)C(=O)O)C1CCCCC1.CC(=O)CCCC(=O)N1C[C@H](O)C[C@H]1C(=O)N[C@@H](C)C(=O)N[C@@H](CO)C(=O)N[C@H](C(=O)N[C@@H](CCC(N)=O)C(=O)N[C@@H](CO)C(=O)N[C@@H](CC(C)C)C(=O)OCC1c2ccccc2-c2ccccc21)C1CCCCC1. The third-order valence-corrected chi connectivity index (χ3v) is 24.4. The summed E-state index contributed by atoms with van der Waals surface area (Å²) in [6, 6.07) is -4.09. The number of primary amides is 2. The van der Waals surface area contributed by atoms with Gasteiger partial charge in [-0.05, 0) is 138 Å². The van der Waals surface area contributed by atoms with Gasteiger partial charge in [0.2, 0.25) is 94.5 Å². The average Bonchev–Trinajstić information content (AvgIpc) is 1.61. The van der Waals surface area contributed by atoms with Crippen molar-refractivity contribution in [2.24, 2.45) is 35.1 Å². The first-order chi connectivity index (χ1) is 64.4. The maximum Gasteiger partial charge on any atom is 0.328 e. The van der Waals surface area contributed by atoms with Crippen LogP contribution in [0.4, 0.5) is 0 Å². The first-order valence-corrected chi connectivity index (χ1v) is 46.6. The molecule has 754 valence electrons. The van der Waals surface area contributed by atoms with Gasteiger partial charge in [-0.2, -0.15) is 0 Å². The van der Waals surface area contributed by atoms with E-state index in [-0.39, 0.29) is 126 Å². The van der Waals surface area contributed by atoms with Crippen LogP contribution in [0.15, 0.2) is 48.5 Å². The minimum absolute atomic E-state index is 0.0148. The number of amides is 16. The Morgan fingerprint density at radius 2 is 0.706 bits per heavy atom. The van der Waals surface area contributed by atoms with Gasteiger partial charge in [-0.25, -0.2) is 9.59 Å². The van der Waals surface area contributed by atoms with Crippen LogP contribution in [0.5, 0.6) is 0 Å². The number of nitrogens with zero attached hydrogens (tertiary/aromatic N) is 2. The summed E-state index contributed by atoms with van der Waals surface area (Å²) in [5.74, 6) is -17.4. The molecule has 3 aliphatic carbocycles. The summed E-state index contributed by atoms with van der Waals surface area (Å²) in [6.45, 7) is 8.49. The second-order valence-corrected chi connectivity index (χ2v) is 36.4. The Morgan fingerprint density at radius 1 is 0.390 bits per heavy atom. The van der Waals surface area contributed by atoms with Crippen LogP contribution in [0.3, 0.4) is 0 Å². The van der Waals surface area contributed by atoms with Gasteiger partial charge in [0.05, 0.1) is 38.6 Å². The molecule has 7 rings (SSSR count). The number of esters is 1. The fourth-order valence-corrected chi connectivity index (χ4v) is 17.1. The van der Waals surface area contributed by atoms with Gasteiger partial charge in [0.25, 0.3) is 0 Å². The van der Waals surface area contributed by atoms with Crippen molar-refractivity contribution in [3.05, 3.63) is 59.7 Å². The van der Waals surface area contributed by atoms with E-state index in [9.17, 15) is 132 Å². The Kier molecular flexibility index (Phi) is 46.3. The van der Waals surface area contributed by atoms with Crippen molar-refractivity contribution < 1.29 is 136 Å². The summed E-state index contributed by atoms with van der Waals surface area (Å²) >= 11 is 0. The number of likely N-dealkylation sites (tertiary alicyclic amines) is 2. The van der Waals surface area contributed by atoms with E-state index in [1.54, 1.807) is 13.8 Å². The Balaban J connectivity index is 0.000000427. The van der Waals surface area contributed by atoms with Crippen LogP contribution in [0.1, 0.15) is 227 Å². The number of carboxylic acid groups (broad SMARTS) is 1. The van der Waals surface area contributed by atoms with E-state index in [0.717, 1.165) is 35.1 Å². The molecule has 16 atom stereocenters. The number of aliphatic hydroxyl groups is 6. The first-order valence-electron chi connectivity index (χ1n) is 46.6. The van der Waals surface area contributed by atoms with Gasteiger partial charge in [0.15, 0.2) is 0 Å². The molecule has 136 heavy (non-hydrogen) atoms. The number of aliphatic carboxylic acids is 1. The van der Waals surface area contributed by atoms with Crippen molar-refractivity contribution in [1.29, 1.82) is 0 Å². The number of β-amino-alcohol motifs (C(OH)–C–C–N with tert-alkyl or cyclic N) is 2. The summed E-state index contributed by atoms with van der Waals surface area (Å²) < 4.78 is 5.84. The number of nitrogens with two attached hydrogens (primary N) is 2. The zero-order valence-corrected chi connectivity index (χ0v) is 78.4. The summed E-state index contributed by atoms with van der Waals surface area (Å²) in [5, 5.41) is 100. The highest BCUT2D eigenvalue weighted by molar-refractivity contribution is 6.01. The van der Waals surface area contributed by atoms with E-state index < -0.39 is 254 Å². The summed E-state index contributed by atoms with van der Waals surface area (Å²) in [4.78, 5) is 263. The molecule has 2 aromatic carbocycles. The lowest BCUT2D eigenvalue weighted by atomic mass is 9.83. The number of carboxylic acids is 1. The van der Waals surface area contributed by atoms with Crippen LogP contribution in [-0.2, 0) is 101 Å². The van der Waals surface area contributed by atoms with Crippen molar-refractivity contribution in [3.63, 3.8) is 0 Å². The van der Waals surface area contributed by atoms with Gasteiger partial charge < -0.3 is 135 Å². The molecular weight excluding hydrogens is 1780 g/mol. The van der Waals surface area contributed by atoms with Gasteiger partial charge in [0, 0.05) is 70.4 Å². The third-order valence-electron chi connectivity index (χ3n) is 24.4. The molecule has 0 aromatic heterocycles. The minimum Gasteiger partial charge on any atom is -0.480 e. The number of carbonyl (C=O) groups excluding carboxylic acids is 19. The summed E-state index contributed by atoms with van der Waals surface area (Å²) in [5.41, 5.74) is 14.8. The topological polar surface area (TPSA) is 695 Å². The number of aliphatic hydroxyl groups excluding tert-OH is 6. The fraction of sp³-hybridized carbons (Fsp3) is 0.652. The quantitative estimate of drug-likeness (QED) is 0.0285. The minimum atomic E-state index is -1.65. The smallest absolute Gasteiger partial charge is 0.328 e. The number of hydrogen-bond donors (Lipinski definition) is 21. The number of hydrogen-bond acceptors (Lipinski definition) is 27. The Bertz CT molecular complexity index is 4480. The molecule has 4 fully saturated rings. The molecule has 0 bridgehead atoms. The zero-order valence-electron chi connectivity index (χ0n) is 78.4. The van der Waals surface area contributed by atoms with Crippen molar-refractivity contribution >= 4 is 118 Å². The summed E-state index contributed by atoms with van der Waals surface area (Å²) in [6.07, 6.45) is 3.56. The molecule has 2 heterocycles. The molecular formula is C92H138N16O28. The van der Waals surface area contributed by atoms with E-state index in [2.05, 4.69) is 63.8 Å². The Hall–Kier alpha value is -12.0. The molecule has 0 unspecified atom stereocenters. The molecule has 23 N–H and O–H groups in total. The number of nitrogens with one attached hydrogen (secondary N) is 12. The van der Waals surface area contributed by atoms with E-state index in [0.29, 0.717) is 51.4 Å². The highest BCUT2D eigenvalue weighted by atomic mass is 16.5. The van der Waals surface area contributed by atoms with E-state index >= 15 is 0 Å². The number of ketones is 2. The number of rotatable bonds is 52. The van der Waals surface area contributed by atoms with E-state index in [4.69, 9.17) is 16.2 Å². The third kappa shape index (κ3) is 35.3. The fourth-order valence-electron chi connectivity index (χ4n) is 17.1. The second kappa shape index (κ2) is 55.9. The molecule has 0 radical (unpaired) electrons. The Labute approximate surface area is 788 Å². The number of benzene rings is 2. The van der Waals surface area contributed by atoms with Crippen molar-refractivity contribution in [3.8, 4) is 11.1 Å². The first kappa shape index (κ1) is 113. The lowest BCUT2D eigenvalue weighted by Crippen LogP contribution is -2.62. The largest absolute Gasteiger partial charge is 0.480 e.